The minimum Gasteiger partial charge on any atom is -0.366 e. The SMILES string of the molecule is CCn1c(=O)[nH]c2cc(CN3CCN(c4ccc(C(=O)NC)nc4Cl)CC3)ccc2c1=O. The van der Waals surface area contributed by atoms with Gasteiger partial charge in [0.05, 0.1) is 16.6 Å². The number of rotatable bonds is 5. The maximum Gasteiger partial charge on any atom is 0.328 e. The van der Waals surface area contributed by atoms with Crippen LogP contribution >= 0.6 is 11.6 Å². The molecular weight excluding hydrogens is 432 g/mol. The van der Waals surface area contributed by atoms with Crippen LogP contribution in [0.15, 0.2) is 39.9 Å². The fourth-order valence-electron chi connectivity index (χ4n) is 4.01. The normalized spacial score (nSPS) is 14.7. The molecule has 2 aromatic heterocycles. The number of aromatic amines is 1. The van der Waals surface area contributed by atoms with Crippen LogP contribution in [0.1, 0.15) is 23.0 Å². The molecule has 0 bridgehead atoms. The monoisotopic (exact) mass is 456 g/mol. The number of carbonyl (C=O) groups is 1. The lowest BCUT2D eigenvalue weighted by Gasteiger charge is -2.36. The number of hydrogen-bond donors (Lipinski definition) is 2. The Morgan fingerprint density at radius 2 is 1.91 bits per heavy atom. The number of amides is 1. The standard InChI is InChI=1S/C22H25ClN6O3/c1-3-29-21(31)15-5-4-14(12-17(15)26-22(29)32)13-27-8-10-28(11-9-27)18-7-6-16(20(30)24-2)25-19(18)23/h4-7,12H,3,8-11,13H2,1-2H3,(H,24,30)(H,26,32). The first-order chi connectivity index (χ1) is 15.4. The summed E-state index contributed by atoms with van der Waals surface area (Å²) in [6, 6.07) is 9.10. The van der Waals surface area contributed by atoms with Gasteiger partial charge in [0.1, 0.15) is 5.69 Å². The summed E-state index contributed by atoms with van der Waals surface area (Å²) in [7, 11) is 1.55. The van der Waals surface area contributed by atoms with Crippen molar-refractivity contribution in [1.29, 1.82) is 0 Å². The lowest BCUT2D eigenvalue weighted by molar-refractivity contribution is 0.0958. The van der Waals surface area contributed by atoms with Crippen molar-refractivity contribution >= 4 is 34.1 Å². The molecule has 1 aliphatic rings. The molecule has 1 aromatic carbocycles. The van der Waals surface area contributed by atoms with E-state index >= 15 is 0 Å². The van der Waals surface area contributed by atoms with E-state index in [1.54, 1.807) is 26.1 Å². The summed E-state index contributed by atoms with van der Waals surface area (Å²) < 4.78 is 1.20. The number of aromatic nitrogens is 3. The smallest absolute Gasteiger partial charge is 0.328 e. The van der Waals surface area contributed by atoms with Crippen LogP contribution in [0.25, 0.3) is 10.9 Å². The second-order valence-electron chi connectivity index (χ2n) is 7.71. The van der Waals surface area contributed by atoms with Crippen molar-refractivity contribution in [2.24, 2.45) is 0 Å². The van der Waals surface area contributed by atoms with Crippen LogP contribution in [0.5, 0.6) is 0 Å². The zero-order valence-corrected chi connectivity index (χ0v) is 18.8. The molecule has 0 aliphatic carbocycles. The summed E-state index contributed by atoms with van der Waals surface area (Å²) in [6.45, 7) is 6.00. The minimum atomic E-state index is -0.385. The Bertz CT molecular complexity index is 1280. The zero-order valence-electron chi connectivity index (χ0n) is 18.0. The maximum atomic E-state index is 12.4. The zero-order chi connectivity index (χ0) is 22.8. The Kier molecular flexibility index (Phi) is 6.29. The van der Waals surface area contributed by atoms with Crippen molar-refractivity contribution in [3.05, 3.63) is 67.6 Å². The second kappa shape index (κ2) is 9.13. The number of nitrogens with one attached hydrogen (secondary N) is 2. The molecule has 1 aliphatic heterocycles. The van der Waals surface area contributed by atoms with Crippen LogP contribution in [-0.2, 0) is 13.1 Å². The predicted molar refractivity (Wildman–Crippen MR) is 125 cm³/mol. The Morgan fingerprint density at radius 3 is 2.56 bits per heavy atom. The molecule has 1 saturated heterocycles. The maximum absolute atomic E-state index is 12.4. The lowest BCUT2D eigenvalue weighted by atomic mass is 10.1. The molecule has 0 unspecified atom stereocenters. The second-order valence-corrected chi connectivity index (χ2v) is 8.07. The highest BCUT2D eigenvalue weighted by molar-refractivity contribution is 6.32. The molecule has 1 fully saturated rings. The van der Waals surface area contributed by atoms with E-state index in [0.717, 1.165) is 37.4 Å². The van der Waals surface area contributed by atoms with Crippen molar-refractivity contribution in [2.45, 2.75) is 20.0 Å². The number of anilines is 1. The van der Waals surface area contributed by atoms with Gasteiger partial charge in [0, 0.05) is 46.3 Å². The molecule has 168 valence electrons. The van der Waals surface area contributed by atoms with Gasteiger partial charge in [-0.2, -0.15) is 0 Å². The third-order valence-corrected chi connectivity index (χ3v) is 6.05. The molecule has 3 heterocycles. The van der Waals surface area contributed by atoms with E-state index in [2.05, 4.69) is 25.1 Å². The summed E-state index contributed by atoms with van der Waals surface area (Å²) in [5, 5.41) is 3.37. The molecular formula is C22H25ClN6O3. The number of benzene rings is 1. The van der Waals surface area contributed by atoms with Gasteiger partial charge in [0.15, 0.2) is 5.15 Å². The highest BCUT2D eigenvalue weighted by Gasteiger charge is 2.21. The van der Waals surface area contributed by atoms with Gasteiger partial charge in [-0.15, -0.1) is 0 Å². The molecule has 10 heteroatoms. The average Bonchev–Trinajstić information content (AvgIpc) is 2.79. The van der Waals surface area contributed by atoms with Gasteiger partial charge in [-0.25, -0.2) is 9.78 Å². The number of H-pyrrole nitrogens is 1. The van der Waals surface area contributed by atoms with Gasteiger partial charge in [-0.05, 0) is 36.8 Å². The summed E-state index contributed by atoms with van der Waals surface area (Å²) in [6.07, 6.45) is 0. The van der Waals surface area contributed by atoms with Crippen molar-refractivity contribution < 1.29 is 4.79 Å². The van der Waals surface area contributed by atoms with Gasteiger partial charge in [-0.1, -0.05) is 17.7 Å². The van der Waals surface area contributed by atoms with Crippen LogP contribution < -0.4 is 21.5 Å². The molecule has 2 N–H and O–H groups in total. The molecule has 4 rings (SSSR count). The summed E-state index contributed by atoms with van der Waals surface area (Å²) in [5.41, 5.74) is 2.05. The van der Waals surface area contributed by atoms with Gasteiger partial charge in [0.2, 0.25) is 0 Å². The van der Waals surface area contributed by atoms with E-state index in [9.17, 15) is 14.4 Å². The van der Waals surface area contributed by atoms with Crippen LogP contribution in [0.2, 0.25) is 5.15 Å². The van der Waals surface area contributed by atoms with Crippen molar-refractivity contribution in [3.8, 4) is 0 Å². The van der Waals surface area contributed by atoms with E-state index in [-0.39, 0.29) is 17.2 Å². The van der Waals surface area contributed by atoms with Crippen molar-refractivity contribution in [3.63, 3.8) is 0 Å². The first kappa shape index (κ1) is 22.0. The van der Waals surface area contributed by atoms with Crippen LogP contribution in [0.4, 0.5) is 5.69 Å². The molecule has 0 spiro atoms. The quantitative estimate of drug-likeness (QED) is 0.563. The highest BCUT2D eigenvalue weighted by atomic mass is 35.5. The van der Waals surface area contributed by atoms with Crippen molar-refractivity contribution in [2.75, 3.05) is 38.1 Å². The Balaban J connectivity index is 1.44. The summed E-state index contributed by atoms with van der Waals surface area (Å²) >= 11 is 6.33. The summed E-state index contributed by atoms with van der Waals surface area (Å²) in [4.78, 5) is 47.8. The van der Waals surface area contributed by atoms with Gasteiger partial charge in [0.25, 0.3) is 11.5 Å². The summed E-state index contributed by atoms with van der Waals surface area (Å²) in [5.74, 6) is -0.270. The van der Waals surface area contributed by atoms with Crippen LogP contribution in [0.3, 0.4) is 0 Å². The number of fused-ring (bicyclic) bond motifs is 1. The van der Waals surface area contributed by atoms with Crippen molar-refractivity contribution in [1.82, 2.24) is 24.8 Å². The number of carbonyl (C=O) groups excluding carboxylic acids is 1. The molecule has 3 aromatic rings. The van der Waals surface area contributed by atoms with Crippen LogP contribution in [-0.4, -0.2) is 58.6 Å². The molecule has 9 nitrogen and oxygen atoms in total. The first-order valence-electron chi connectivity index (χ1n) is 10.5. The Labute approximate surface area is 189 Å². The van der Waals surface area contributed by atoms with E-state index in [1.165, 1.54) is 4.57 Å². The Morgan fingerprint density at radius 1 is 1.16 bits per heavy atom. The van der Waals surface area contributed by atoms with Gasteiger partial charge >= 0.3 is 5.69 Å². The fraction of sp³-hybridized carbons (Fsp3) is 0.364. The predicted octanol–water partition coefficient (Wildman–Crippen LogP) is 1.44. The lowest BCUT2D eigenvalue weighted by Crippen LogP contribution is -2.46. The largest absolute Gasteiger partial charge is 0.366 e. The fourth-order valence-corrected chi connectivity index (χ4v) is 4.28. The van der Waals surface area contributed by atoms with E-state index in [4.69, 9.17) is 11.6 Å². The van der Waals surface area contributed by atoms with Crippen LogP contribution in [0, 0.1) is 0 Å². The highest BCUT2D eigenvalue weighted by Crippen LogP contribution is 2.25. The topological polar surface area (TPSA) is 103 Å². The number of nitrogens with zero attached hydrogens (tertiary/aromatic N) is 4. The number of pyridine rings is 1. The first-order valence-corrected chi connectivity index (χ1v) is 10.9. The number of hydrogen-bond acceptors (Lipinski definition) is 6. The third kappa shape index (κ3) is 4.26. The number of piperazine rings is 1. The van der Waals surface area contributed by atoms with E-state index in [0.29, 0.717) is 34.8 Å². The molecule has 32 heavy (non-hydrogen) atoms. The third-order valence-electron chi connectivity index (χ3n) is 5.77. The van der Waals surface area contributed by atoms with Gasteiger partial charge < -0.3 is 15.2 Å². The average molecular weight is 457 g/mol. The Hall–Kier alpha value is -3.17. The number of halogens is 1. The van der Waals surface area contributed by atoms with E-state index in [1.807, 2.05) is 18.2 Å². The molecule has 0 radical (unpaired) electrons. The molecule has 0 saturated carbocycles. The van der Waals surface area contributed by atoms with E-state index < -0.39 is 0 Å². The molecule has 1 amide bonds. The van der Waals surface area contributed by atoms with Gasteiger partial charge in [-0.3, -0.25) is 19.1 Å². The minimum absolute atomic E-state index is 0.265. The molecule has 0 atom stereocenters.